The molecule has 1 amide bonds. The van der Waals surface area contributed by atoms with E-state index in [4.69, 9.17) is 0 Å². The van der Waals surface area contributed by atoms with Crippen LogP contribution in [0.15, 0.2) is 41.9 Å². The van der Waals surface area contributed by atoms with Crippen LogP contribution < -0.4 is 5.32 Å². The van der Waals surface area contributed by atoms with Crippen LogP contribution in [0.2, 0.25) is 0 Å². The smallest absolute Gasteiger partial charge is 0.273 e. The largest absolute Gasteiger partial charge is 0.321 e. The first-order valence-electron chi connectivity index (χ1n) is 7.42. The van der Waals surface area contributed by atoms with Crippen LogP contribution in [0, 0.1) is 6.92 Å². The van der Waals surface area contributed by atoms with Crippen LogP contribution in [0.5, 0.6) is 0 Å². The Morgan fingerprint density at radius 2 is 2.13 bits per heavy atom. The van der Waals surface area contributed by atoms with E-state index in [0.717, 1.165) is 22.0 Å². The van der Waals surface area contributed by atoms with Crippen molar-refractivity contribution in [3.05, 3.63) is 52.6 Å². The van der Waals surface area contributed by atoms with E-state index in [1.807, 2.05) is 50.4 Å². The third-order valence-corrected chi connectivity index (χ3v) is 4.20. The van der Waals surface area contributed by atoms with E-state index in [1.54, 1.807) is 28.3 Å². The van der Waals surface area contributed by atoms with Gasteiger partial charge >= 0.3 is 0 Å². The lowest BCUT2D eigenvalue weighted by Crippen LogP contribution is -2.18. The second-order valence-corrected chi connectivity index (χ2v) is 6.60. The summed E-state index contributed by atoms with van der Waals surface area (Å²) in [6, 6.07) is 9.57. The monoisotopic (exact) mass is 326 g/mol. The van der Waals surface area contributed by atoms with Gasteiger partial charge < -0.3 is 5.32 Å². The molecule has 0 aliphatic heterocycles. The third-order valence-electron chi connectivity index (χ3n) is 3.43. The molecular formula is C17H18N4OS. The number of aromatic nitrogens is 3. The van der Waals surface area contributed by atoms with E-state index in [1.165, 1.54) is 0 Å². The molecule has 0 unspecified atom stereocenters. The van der Waals surface area contributed by atoms with Crippen molar-refractivity contribution in [2.75, 3.05) is 5.32 Å². The summed E-state index contributed by atoms with van der Waals surface area (Å²) in [6.07, 6.45) is 1.64. The summed E-state index contributed by atoms with van der Waals surface area (Å²) < 4.78 is 1.71. The first-order chi connectivity index (χ1) is 11.0. The van der Waals surface area contributed by atoms with E-state index in [-0.39, 0.29) is 11.9 Å². The Kier molecular flexibility index (Phi) is 4.25. The van der Waals surface area contributed by atoms with Crippen molar-refractivity contribution in [1.82, 2.24) is 14.8 Å². The van der Waals surface area contributed by atoms with Gasteiger partial charge in [0, 0.05) is 28.9 Å². The van der Waals surface area contributed by atoms with Gasteiger partial charge in [0.15, 0.2) is 0 Å². The number of carbonyl (C=O) groups excluding carboxylic acids is 1. The zero-order valence-electron chi connectivity index (χ0n) is 13.3. The molecular weight excluding hydrogens is 308 g/mol. The number of rotatable bonds is 4. The predicted molar refractivity (Wildman–Crippen MR) is 92.9 cm³/mol. The van der Waals surface area contributed by atoms with Crippen molar-refractivity contribution >= 4 is 22.9 Å². The topological polar surface area (TPSA) is 59.8 Å². The molecule has 0 atom stereocenters. The molecule has 2 heterocycles. The van der Waals surface area contributed by atoms with E-state index in [0.29, 0.717) is 5.69 Å². The molecule has 3 aromatic rings. The summed E-state index contributed by atoms with van der Waals surface area (Å²) in [4.78, 5) is 16.9. The molecule has 2 aromatic heterocycles. The number of hydrogen-bond acceptors (Lipinski definition) is 4. The van der Waals surface area contributed by atoms with Crippen LogP contribution in [0.4, 0.5) is 5.69 Å². The quantitative estimate of drug-likeness (QED) is 0.783. The number of thiazole rings is 1. The van der Waals surface area contributed by atoms with Gasteiger partial charge in [-0.05, 0) is 39.0 Å². The molecule has 118 valence electrons. The second-order valence-electron chi connectivity index (χ2n) is 5.54. The first kappa shape index (κ1) is 15.4. The maximum atomic E-state index is 12.5. The van der Waals surface area contributed by atoms with Gasteiger partial charge in [-0.2, -0.15) is 5.10 Å². The molecule has 0 aliphatic carbocycles. The summed E-state index contributed by atoms with van der Waals surface area (Å²) in [6.45, 7) is 5.97. The minimum absolute atomic E-state index is 0.134. The Morgan fingerprint density at radius 1 is 1.30 bits per heavy atom. The van der Waals surface area contributed by atoms with Crippen molar-refractivity contribution in [1.29, 1.82) is 0 Å². The number of amides is 1. The number of nitrogens with zero attached hydrogens (tertiary/aromatic N) is 3. The minimum Gasteiger partial charge on any atom is -0.321 e. The molecule has 1 N–H and O–H groups in total. The van der Waals surface area contributed by atoms with Gasteiger partial charge in [0.1, 0.15) is 5.69 Å². The molecule has 0 fully saturated rings. The fraction of sp³-hybridized carbons (Fsp3) is 0.235. The lowest BCUT2D eigenvalue weighted by atomic mass is 10.1. The zero-order chi connectivity index (χ0) is 16.4. The molecule has 0 aliphatic rings. The summed E-state index contributed by atoms with van der Waals surface area (Å²) >= 11 is 1.61. The highest BCUT2D eigenvalue weighted by molar-refractivity contribution is 7.09. The van der Waals surface area contributed by atoms with Crippen LogP contribution in [-0.2, 0) is 0 Å². The molecule has 6 heteroatoms. The van der Waals surface area contributed by atoms with Gasteiger partial charge in [-0.25, -0.2) is 4.98 Å². The highest BCUT2D eigenvalue weighted by Gasteiger charge is 2.14. The third kappa shape index (κ3) is 3.32. The van der Waals surface area contributed by atoms with Crippen molar-refractivity contribution < 1.29 is 4.79 Å². The van der Waals surface area contributed by atoms with E-state index in [9.17, 15) is 4.79 Å². The molecule has 5 nitrogen and oxygen atoms in total. The number of carbonyl (C=O) groups is 1. The maximum absolute atomic E-state index is 12.5. The SMILES string of the molecule is Cc1nc(-c2cccc(NC(=O)c3ccnn3C(C)C)c2)cs1. The Bertz CT molecular complexity index is 834. The highest BCUT2D eigenvalue weighted by atomic mass is 32.1. The van der Waals surface area contributed by atoms with Crippen LogP contribution in [0.3, 0.4) is 0 Å². The van der Waals surface area contributed by atoms with Gasteiger partial charge in [-0.15, -0.1) is 11.3 Å². The highest BCUT2D eigenvalue weighted by Crippen LogP contribution is 2.24. The van der Waals surface area contributed by atoms with Gasteiger partial charge in [0.2, 0.25) is 0 Å². The first-order valence-corrected chi connectivity index (χ1v) is 8.30. The van der Waals surface area contributed by atoms with E-state index < -0.39 is 0 Å². The Labute approximate surface area is 139 Å². The van der Waals surface area contributed by atoms with Gasteiger partial charge in [-0.1, -0.05) is 12.1 Å². The fourth-order valence-corrected chi connectivity index (χ4v) is 2.98. The molecule has 0 bridgehead atoms. The Morgan fingerprint density at radius 3 is 2.83 bits per heavy atom. The lowest BCUT2D eigenvalue weighted by Gasteiger charge is -2.11. The van der Waals surface area contributed by atoms with E-state index >= 15 is 0 Å². The molecule has 0 saturated carbocycles. The molecule has 3 rings (SSSR count). The summed E-state index contributed by atoms with van der Waals surface area (Å²) in [5, 5.41) is 10.2. The van der Waals surface area contributed by atoms with Gasteiger partial charge in [0.05, 0.1) is 10.7 Å². The van der Waals surface area contributed by atoms with Crippen molar-refractivity contribution in [3.63, 3.8) is 0 Å². The number of hydrogen-bond donors (Lipinski definition) is 1. The number of anilines is 1. The second kappa shape index (κ2) is 6.34. The lowest BCUT2D eigenvalue weighted by molar-refractivity contribution is 0.101. The van der Waals surface area contributed by atoms with Crippen LogP contribution >= 0.6 is 11.3 Å². The van der Waals surface area contributed by atoms with E-state index in [2.05, 4.69) is 15.4 Å². The summed E-state index contributed by atoms with van der Waals surface area (Å²) in [5.41, 5.74) is 3.21. The molecule has 23 heavy (non-hydrogen) atoms. The maximum Gasteiger partial charge on any atom is 0.273 e. The van der Waals surface area contributed by atoms with Crippen molar-refractivity contribution in [2.45, 2.75) is 26.8 Å². The van der Waals surface area contributed by atoms with Gasteiger partial charge in [-0.3, -0.25) is 9.48 Å². The van der Waals surface area contributed by atoms with Gasteiger partial charge in [0.25, 0.3) is 5.91 Å². The summed E-state index contributed by atoms with van der Waals surface area (Å²) in [5.74, 6) is -0.164. The fourth-order valence-electron chi connectivity index (χ4n) is 2.35. The number of benzene rings is 1. The summed E-state index contributed by atoms with van der Waals surface area (Å²) in [7, 11) is 0. The predicted octanol–water partition coefficient (Wildman–Crippen LogP) is 4.15. The average Bonchev–Trinajstić information content (AvgIpc) is 3.16. The molecule has 0 radical (unpaired) electrons. The van der Waals surface area contributed by atoms with Crippen LogP contribution in [-0.4, -0.2) is 20.7 Å². The Hall–Kier alpha value is -2.47. The van der Waals surface area contributed by atoms with Crippen molar-refractivity contribution in [3.8, 4) is 11.3 Å². The van der Waals surface area contributed by atoms with Crippen molar-refractivity contribution in [2.24, 2.45) is 0 Å². The number of aryl methyl sites for hydroxylation is 1. The Balaban J connectivity index is 1.83. The molecule has 0 spiro atoms. The van der Waals surface area contributed by atoms with Crippen LogP contribution in [0.25, 0.3) is 11.3 Å². The standard InChI is InChI=1S/C17H18N4OS/c1-11(2)21-16(7-8-18-21)17(22)20-14-6-4-5-13(9-14)15-10-23-12(3)19-15/h4-11H,1-3H3,(H,20,22). The minimum atomic E-state index is -0.164. The normalized spacial score (nSPS) is 11.0. The average molecular weight is 326 g/mol. The zero-order valence-corrected chi connectivity index (χ0v) is 14.1. The number of nitrogens with one attached hydrogen (secondary N) is 1. The molecule has 1 aromatic carbocycles. The molecule has 0 saturated heterocycles. The van der Waals surface area contributed by atoms with Crippen LogP contribution in [0.1, 0.15) is 35.4 Å².